The zero-order valence-corrected chi connectivity index (χ0v) is 44.9. The molecular formula is C59H78B2N4O8. The number of unbranched alkanes of at least 4 members (excludes halogenated alkanes) is 3. The maximum Gasteiger partial charge on any atom is 0.495 e. The molecule has 2 aliphatic rings. The van der Waals surface area contributed by atoms with E-state index >= 15 is 0 Å². The molecule has 0 aromatic heterocycles. The monoisotopic (exact) mass is 993 g/mol. The normalized spacial score (nSPS) is 16.7. The molecule has 2 amide bonds. The Kier molecular flexibility index (Phi) is 18.1. The van der Waals surface area contributed by atoms with Gasteiger partial charge in [0.15, 0.2) is 0 Å². The number of nitrogens with one attached hydrogen (secondary N) is 2. The largest absolute Gasteiger partial charge is 0.495 e. The van der Waals surface area contributed by atoms with Crippen molar-refractivity contribution < 1.29 is 38.1 Å². The number of fused-ring (bicyclic) bond motifs is 2. The zero-order chi connectivity index (χ0) is 52.6. The van der Waals surface area contributed by atoms with Crippen molar-refractivity contribution in [2.24, 2.45) is 0 Å². The molecule has 0 radical (unpaired) electrons. The molecule has 3 N–H and O–H groups in total. The first-order chi connectivity index (χ1) is 34.7. The molecule has 5 aromatic carbocycles. The van der Waals surface area contributed by atoms with E-state index in [9.17, 15) is 14.4 Å². The first-order valence-corrected chi connectivity index (χ1v) is 26.3. The van der Waals surface area contributed by atoms with Gasteiger partial charge in [0.05, 0.1) is 28.8 Å². The Morgan fingerprint density at radius 2 is 0.904 bits per heavy atom. The number of nitrogens with zero attached hydrogens (tertiary/aromatic N) is 2. The van der Waals surface area contributed by atoms with E-state index in [1.165, 1.54) is 32.7 Å². The van der Waals surface area contributed by atoms with Crippen LogP contribution in [0.4, 0.5) is 0 Å². The highest BCUT2D eigenvalue weighted by atomic mass is 16.7. The van der Waals surface area contributed by atoms with E-state index in [0.717, 1.165) is 67.2 Å². The highest BCUT2D eigenvalue weighted by molar-refractivity contribution is 6.63. The second kappa shape index (κ2) is 23.9. The molecule has 0 aliphatic carbocycles. The summed E-state index contributed by atoms with van der Waals surface area (Å²) >= 11 is 0. The minimum absolute atomic E-state index is 0.00457. The lowest BCUT2D eigenvalue weighted by atomic mass is 9.75. The molecule has 0 saturated carbocycles. The van der Waals surface area contributed by atoms with Crippen LogP contribution in [0.15, 0.2) is 109 Å². The smallest absolute Gasteiger partial charge is 0.481 e. The van der Waals surface area contributed by atoms with Gasteiger partial charge in [0.25, 0.3) is 0 Å². The lowest BCUT2D eigenvalue weighted by Gasteiger charge is -2.32. The van der Waals surface area contributed by atoms with Crippen molar-refractivity contribution in [2.45, 2.75) is 156 Å². The number of hydrogen-bond donors (Lipinski definition) is 3. The first kappa shape index (κ1) is 55.4. The number of rotatable bonds is 25. The third kappa shape index (κ3) is 13.7. The number of carboxylic acid groups (broad SMARTS) is 1. The van der Waals surface area contributed by atoms with Gasteiger partial charge in [0.2, 0.25) is 11.8 Å². The fourth-order valence-corrected chi connectivity index (χ4v) is 9.77. The predicted octanol–water partition coefficient (Wildman–Crippen LogP) is 9.22. The van der Waals surface area contributed by atoms with Crippen LogP contribution in [0.3, 0.4) is 0 Å². The summed E-state index contributed by atoms with van der Waals surface area (Å²) in [5, 5.41) is 19.7. The van der Waals surface area contributed by atoms with Gasteiger partial charge in [0, 0.05) is 57.8 Å². The van der Waals surface area contributed by atoms with Gasteiger partial charge in [-0.2, -0.15) is 0 Å². The van der Waals surface area contributed by atoms with E-state index in [-0.39, 0.29) is 24.7 Å². The maximum atomic E-state index is 12.6. The van der Waals surface area contributed by atoms with Crippen LogP contribution in [-0.2, 0) is 59.2 Å². The molecule has 2 fully saturated rings. The molecule has 14 heteroatoms. The topological polar surface area (TPSA) is 139 Å². The second-order valence-electron chi connectivity index (χ2n) is 22.1. The van der Waals surface area contributed by atoms with Crippen LogP contribution in [0.5, 0.6) is 0 Å². The molecule has 7 rings (SSSR count). The maximum absolute atomic E-state index is 12.6. The Balaban J connectivity index is 1.20. The van der Waals surface area contributed by atoms with Gasteiger partial charge in [-0.25, -0.2) is 0 Å². The summed E-state index contributed by atoms with van der Waals surface area (Å²) in [5.41, 5.74) is 5.44. The molecule has 12 nitrogen and oxygen atoms in total. The van der Waals surface area contributed by atoms with Crippen LogP contribution < -0.4 is 21.6 Å². The number of aliphatic carboxylic acids is 1. The summed E-state index contributed by atoms with van der Waals surface area (Å²) in [6, 6.07) is 34.6. The van der Waals surface area contributed by atoms with Gasteiger partial charge >= 0.3 is 20.2 Å². The van der Waals surface area contributed by atoms with Crippen molar-refractivity contribution in [3.8, 4) is 0 Å². The molecule has 388 valence electrons. The molecular weight excluding hydrogens is 914 g/mol. The standard InChI is InChI=1S/C59H78B2N4O8/c1-42(2)55(69)63-35-23-37-65(39-44-25-14-20-31-52(44)61-72-58(7,8)59(9,10)73-61)41-50-47-28-17-15-26-45(47)49(46-27-16-18-29-48(46)50)40-64(36-22-12-11-21-34-62-53(66)32-33-54(67)68)38-43-24-13-19-30-51(43)60-70-56(3,4)57(5,6)71-60/h13-20,24-31H,1,11-12,21-23,32-41H2,2-10H3,(H,62,66)(H,63,69)(H,67,68). The van der Waals surface area contributed by atoms with Crippen LogP contribution in [0.25, 0.3) is 21.5 Å². The van der Waals surface area contributed by atoms with Gasteiger partial charge < -0.3 is 34.4 Å². The zero-order valence-electron chi connectivity index (χ0n) is 44.9. The molecule has 5 aromatic rings. The summed E-state index contributed by atoms with van der Waals surface area (Å²) in [6.07, 6.45) is 4.27. The van der Waals surface area contributed by atoms with Crippen LogP contribution in [-0.4, -0.2) is 95.5 Å². The number of amides is 2. The molecule has 0 atom stereocenters. The fraction of sp³-hybridized carbons (Fsp3) is 0.475. The third-order valence-electron chi connectivity index (χ3n) is 15.4. The lowest BCUT2D eigenvalue weighted by molar-refractivity contribution is -0.138. The summed E-state index contributed by atoms with van der Waals surface area (Å²) in [6.45, 7) is 27.6. The summed E-state index contributed by atoms with van der Waals surface area (Å²) in [5.74, 6) is -1.32. The molecule has 0 spiro atoms. The summed E-state index contributed by atoms with van der Waals surface area (Å²) in [7, 11) is -1.00. The van der Waals surface area contributed by atoms with Crippen molar-refractivity contribution in [1.29, 1.82) is 0 Å². The SMILES string of the molecule is C=C(C)C(=O)NCCCN(Cc1ccccc1B1OC(C)(C)C(C)(C)O1)Cc1c2ccccc2c(CN(CCCCCCNC(=O)CCC(=O)O)Cc2ccccc2B2OC(C)(C)C(C)(C)O2)c2ccccc12. The Morgan fingerprint density at radius 3 is 1.33 bits per heavy atom. The van der Waals surface area contributed by atoms with Crippen molar-refractivity contribution in [3.05, 3.63) is 131 Å². The highest BCUT2D eigenvalue weighted by Gasteiger charge is 2.53. The Hall–Kier alpha value is -5.34. The van der Waals surface area contributed by atoms with Crippen LogP contribution in [0.1, 0.15) is 130 Å². The van der Waals surface area contributed by atoms with Gasteiger partial charge in [-0.15, -0.1) is 0 Å². The molecule has 0 bridgehead atoms. The molecule has 0 unspecified atom stereocenters. The highest BCUT2D eigenvalue weighted by Crippen LogP contribution is 2.39. The summed E-state index contributed by atoms with van der Waals surface area (Å²) < 4.78 is 26.5. The summed E-state index contributed by atoms with van der Waals surface area (Å²) in [4.78, 5) is 40.7. The molecule has 2 saturated heterocycles. The lowest BCUT2D eigenvalue weighted by Crippen LogP contribution is -2.41. The number of carbonyl (C=O) groups is 3. The number of carboxylic acids is 1. The van der Waals surface area contributed by atoms with E-state index in [4.69, 9.17) is 23.7 Å². The van der Waals surface area contributed by atoms with E-state index in [1.807, 2.05) is 0 Å². The average Bonchev–Trinajstić information content (AvgIpc) is 3.71. The van der Waals surface area contributed by atoms with E-state index in [0.29, 0.717) is 44.8 Å². The minimum atomic E-state index is -0.968. The van der Waals surface area contributed by atoms with Crippen LogP contribution >= 0.6 is 0 Å². The van der Waals surface area contributed by atoms with Gasteiger partial charge in [-0.1, -0.05) is 116 Å². The van der Waals surface area contributed by atoms with Crippen molar-refractivity contribution in [3.63, 3.8) is 0 Å². The average molecular weight is 993 g/mol. The molecule has 73 heavy (non-hydrogen) atoms. The van der Waals surface area contributed by atoms with Crippen molar-refractivity contribution >= 4 is 64.5 Å². The third-order valence-corrected chi connectivity index (χ3v) is 15.4. The first-order valence-electron chi connectivity index (χ1n) is 26.3. The fourth-order valence-electron chi connectivity index (χ4n) is 9.77. The van der Waals surface area contributed by atoms with Crippen LogP contribution in [0.2, 0.25) is 0 Å². The van der Waals surface area contributed by atoms with Gasteiger partial charge in [-0.05, 0) is 143 Å². The van der Waals surface area contributed by atoms with Gasteiger partial charge in [-0.3, -0.25) is 24.2 Å². The number of benzene rings is 5. The van der Waals surface area contributed by atoms with E-state index < -0.39 is 42.6 Å². The van der Waals surface area contributed by atoms with Crippen molar-refractivity contribution in [2.75, 3.05) is 26.2 Å². The Morgan fingerprint density at radius 1 is 0.521 bits per heavy atom. The van der Waals surface area contributed by atoms with Crippen molar-refractivity contribution in [1.82, 2.24) is 20.4 Å². The molecule has 2 heterocycles. The number of carbonyl (C=O) groups excluding carboxylic acids is 2. The Bertz CT molecular complexity index is 2670. The Labute approximate surface area is 434 Å². The van der Waals surface area contributed by atoms with Gasteiger partial charge in [0.1, 0.15) is 0 Å². The van der Waals surface area contributed by atoms with E-state index in [1.54, 1.807) is 6.92 Å². The molecule has 2 aliphatic heterocycles. The predicted molar refractivity (Wildman–Crippen MR) is 295 cm³/mol. The number of hydrogen-bond acceptors (Lipinski definition) is 9. The quantitative estimate of drug-likeness (QED) is 0.0225. The van der Waals surface area contributed by atoms with E-state index in [2.05, 4.69) is 179 Å². The second-order valence-corrected chi connectivity index (χ2v) is 22.1. The minimum Gasteiger partial charge on any atom is -0.481 e. The van der Waals surface area contributed by atoms with Crippen LogP contribution in [0, 0.1) is 0 Å².